The monoisotopic (exact) mass is 237 g/mol. The summed E-state index contributed by atoms with van der Waals surface area (Å²) in [4.78, 5) is 5.88. The number of thiophene rings is 1. The zero-order chi connectivity index (χ0) is 11.2. The van der Waals surface area contributed by atoms with Gasteiger partial charge in [0.25, 0.3) is 0 Å². The molecule has 0 bridgehead atoms. The van der Waals surface area contributed by atoms with E-state index in [1.165, 1.54) is 38.5 Å². The molecule has 0 unspecified atom stereocenters. The van der Waals surface area contributed by atoms with Crippen molar-refractivity contribution in [1.29, 1.82) is 0 Å². The van der Waals surface area contributed by atoms with Gasteiger partial charge in [-0.05, 0) is 24.3 Å². The molecule has 0 atom stereocenters. The number of nitrogens with one attached hydrogen (secondary N) is 1. The molecule has 4 heteroatoms. The molecule has 3 N–H and O–H groups in total. The van der Waals surface area contributed by atoms with Crippen molar-refractivity contribution in [2.45, 2.75) is 44.6 Å². The minimum absolute atomic E-state index is 0.454. The van der Waals surface area contributed by atoms with Crippen LogP contribution in [0.1, 0.15) is 43.4 Å². The van der Waals surface area contributed by atoms with Gasteiger partial charge in [-0.15, -0.1) is 11.3 Å². The molecule has 1 aromatic heterocycles. The predicted molar refractivity (Wildman–Crippen MR) is 69.7 cm³/mol. The highest BCUT2D eigenvalue weighted by atomic mass is 32.1. The van der Waals surface area contributed by atoms with Gasteiger partial charge in [0.15, 0.2) is 5.84 Å². The van der Waals surface area contributed by atoms with E-state index in [9.17, 15) is 0 Å². The summed E-state index contributed by atoms with van der Waals surface area (Å²) in [5, 5.41) is 2.05. The molecule has 3 nitrogen and oxygen atoms in total. The van der Waals surface area contributed by atoms with Gasteiger partial charge in [0.2, 0.25) is 0 Å². The Morgan fingerprint density at radius 3 is 2.62 bits per heavy atom. The fourth-order valence-electron chi connectivity index (χ4n) is 2.15. The average Bonchev–Trinajstić information content (AvgIpc) is 2.71. The summed E-state index contributed by atoms with van der Waals surface area (Å²) in [6, 6.07) is 4.54. The summed E-state index contributed by atoms with van der Waals surface area (Å²) < 4.78 is 0. The molecule has 2 rings (SSSR count). The summed E-state index contributed by atoms with van der Waals surface area (Å²) in [7, 11) is 0. The Hall–Kier alpha value is -0.870. The summed E-state index contributed by atoms with van der Waals surface area (Å²) in [6.45, 7) is 0. The molecule has 0 radical (unpaired) electrons. The number of nitrogens with two attached hydrogens (primary N) is 1. The number of amidine groups is 1. The summed E-state index contributed by atoms with van der Waals surface area (Å²) in [6.07, 6.45) is 7.73. The van der Waals surface area contributed by atoms with Gasteiger partial charge >= 0.3 is 0 Å². The van der Waals surface area contributed by atoms with E-state index in [-0.39, 0.29) is 0 Å². The zero-order valence-corrected chi connectivity index (χ0v) is 10.3. The third kappa shape index (κ3) is 3.06. The van der Waals surface area contributed by atoms with Crippen LogP contribution in [-0.2, 0) is 0 Å². The highest BCUT2D eigenvalue weighted by molar-refractivity contribution is 7.12. The maximum Gasteiger partial charge on any atom is 0.153 e. The third-order valence-corrected chi connectivity index (χ3v) is 3.90. The van der Waals surface area contributed by atoms with Gasteiger partial charge in [0.05, 0.1) is 10.9 Å². The maximum atomic E-state index is 5.55. The van der Waals surface area contributed by atoms with E-state index >= 15 is 0 Å². The van der Waals surface area contributed by atoms with Crippen LogP contribution in [0.2, 0.25) is 0 Å². The molecule has 1 heterocycles. The van der Waals surface area contributed by atoms with Crippen molar-refractivity contribution in [3.05, 3.63) is 22.4 Å². The van der Waals surface area contributed by atoms with E-state index in [0.717, 1.165) is 10.7 Å². The summed E-state index contributed by atoms with van der Waals surface area (Å²) in [5.41, 5.74) is 2.73. The molecule has 0 spiro atoms. The van der Waals surface area contributed by atoms with Crippen LogP contribution in [0.25, 0.3) is 0 Å². The molecule has 1 aromatic rings. The van der Waals surface area contributed by atoms with Crippen LogP contribution in [0.5, 0.6) is 0 Å². The molecule has 88 valence electrons. The van der Waals surface area contributed by atoms with E-state index in [1.54, 1.807) is 11.3 Å². The fraction of sp³-hybridized carbons (Fsp3) is 0.583. The molecular weight excluding hydrogens is 218 g/mol. The van der Waals surface area contributed by atoms with Crippen LogP contribution in [0.15, 0.2) is 22.5 Å². The van der Waals surface area contributed by atoms with Crippen molar-refractivity contribution in [1.82, 2.24) is 5.43 Å². The van der Waals surface area contributed by atoms with Gasteiger partial charge in [-0.3, -0.25) is 4.99 Å². The van der Waals surface area contributed by atoms with Crippen molar-refractivity contribution in [2.24, 2.45) is 10.8 Å². The molecule has 1 fully saturated rings. The van der Waals surface area contributed by atoms with Gasteiger partial charge in [-0.25, -0.2) is 5.84 Å². The van der Waals surface area contributed by atoms with Gasteiger partial charge in [0, 0.05) is 0 Å². The lowest BCUT2D eigenvalue weighted by molar-refractivity contribution is 0.583. The lowest BCUT2D eigenvalue weighted by atomic mass is 10.1. The lowest BCUT2D eigenvalue weighted by Gasteiger charge is -2.11. The van der Waals surface area contributed by atoms with Gasteiger partial charge in [-0.2, -0.15) is 0 Å². The van der Waals surface area contributed by atoms with E-state index in [2.05, 4.69) is 16.9 Å². The Bertz CT molecular complexity index is 324. The number of hydrogen-bond donors (Lipinski definition) is 2. The standard InChI is InChI=1S/C12H19N3S/c13-15-12(11-8-5-9-16-11)14-10-6-3-1-2-4-7-10/h5,8-10H,1-4,6-7,13H2,(H,14,15). The first-order chi connectivity index (χ1) is 7.90. The quantitative estimate of drug-likeness (QED) is 0.273. The normalized spacial score (nSPS) is 19.4. The summed E-state index contributed by atoms with van der Waals surface area (Å²) in [5.74, 6) is 6.40. The Labute approximate surface area is 101 Å². The van der Waals surface area contributed by atoms with E-state index in [4.69, 9.17) is 10.8 Å². The molecule has 1 saturated carbocycles. The Morgan fingerprint density at radius 2 is 2.06 bits per heavy atom. The number of rotatable bonds is 2. The van der Waals surface area contributed by atoms with E-state index in [0.29, 0.717) is 6.04 Å². The highest BCUT2D eigenvalue weighted by Gasteiger charge is 2.12. The Morgan fingerprint density at radius 1 is 1.31 bits per heavy atom. The second kappa shape index (κ2) is 6.01. The molecule has 1 aliphatic rings. The van der Waals surface area contributed by atoms with Crippen molar-refractivity contribution < 1.29 is 0 Å². The minimum Gasteiger partial charge on any atom is -0.308 e. The van der Waals surface area contributed by atoms with E-state index < -0.39 is 0 Å². The van der Waals surface area contributed by atoms with Crippen molar-refractivity contribution >= 4 is 17.2 Å². The third-order valence-electron chi connectivity index (χ3n) is 3.03. The van der Waals surface area contributed by atoms with Crippen molar-refractivity contribution in [3.8, 4) is 0 Å². The zero-order valence-electron chi connectivity index (χ0n) is 9.48. The molecule has 0 aromatic carbocycles. The first kappa shape index (κ1) is 11.6. The number of aliphatic imine (C=N–C) groups is 1. The second-order valence-corrected chi connectivity index (χ2v) is 5.19. The van der Waals surface area contributed by atoms with Gasteiger partial charge < -0.3 is 5.43 Å². The Balaban J connectivity index is 2.07. The highest BCUT2D eigenvalue weighted by Crippen LogP contribution is 2.20. The largest absolute Gasteiger partial charge is 0.308 e. The maximum absolute atomic E-state index is 5.55. The van der Waals surface area contributed by atoms with Crippen LogP contribution >= 0.6 is 11.3 Å². The second-order valence-electron chi connectivity index (χ2n) is 4.24. The number of hydrogen-bond acceptors (Lipinski definition) is 3. The average molecular weight is 237 g/mol. The first-order valence-electron chi connectivity index (χ1n) is 5.98. The Kier molecular flexibility index (Phi) is 4.36. The molecule has 0 amide bonds. The molecule has 0 saturated heterocycles. The van der Waals surface area contributed by atoms with Crippen LogP contribution in [0, 0.1) is 0 Å². The summed E-state index contributed by atoms with van der Waals surface area (Å²) >= 11 is 1.68. The lowest BCUT2D eigenvalue weighted by Crippen LogP contribution is -2.31. The van der Waals surface area contributed by atoms with Gasteiger partial charge in [-0.1, -0.05) is 31.7 Å². The van der Waals surface area contributed by atoms with Crippen molar-refractivity contribution in [2.75, 3.05) is 0 Å². The topological polar surface area (TPSA) is 50.4 Å². The molecule has 1 aliphatic carbocycles. The molecule has 0 aliphatic heterocycles. The molecular formula is C12H19N3S. The predicted octanol–water partition coefficient (Wildman–Crippen LogP) is 2.68. The smallest absolute Gasteiger partial charge is 0.153 e. The first-order valence-corrected chi connectivity index (χ1v) is 6.86. The van der Waals surface area contributed by atoms with Crippen LogP contribution in [0.4, 0.5) is 0 Å². The van der Waals surface area contributed by atoms with Crippen LogP contribution in [0.3, 0.4) is 0 Å². The number of hydrazine groups is 1. The van der Waals surface area contributed by atoms with Crippen LogP contribution < -0.4 is 11.3 Å². The SMILES string of the molecule is NNC(=NC1CCCCCC1)c1cccs1. The molecule has 16 heavy (non-hydrogen) atoms. The van der Waals surface area contributed by atoms with E-state index in [1.807, 2.05) is 6.07 Å². The minimum atomic E-state index is 0.454. The van der Waals surface area contributed by atoms with Gasteiger partial charge in [0.1, 0.15) is 0 Å². The van der Waals surface area contributed by atoms with Crippen molar-refractivity contribution in [3.63, 3.8) is 0 Å². The number of nitrogens with zero attached hydrogens (tertiary/aromatic N) is 1. The van der Waals surface area contributed by atoms with Crippen LogP contribution in [-0.4, -0.2) is 11.9 Å². The fourth-order valence-corrected chi connectivity index (χ4v) is 2.84.